The van der Waals surface area contributed by atoms with E-state index in [1.54, 1.807) is 0 Å². The van der Waals surface area contributed by atoms with Gasteiger partial charge in [-0.05, 0) is 13.0 Å². The van der Waals surface area contributed by atoms with Crippen LogP contribution in [-0.2, 0) is 5.97 Å². The quantitative estimate of drug-likeness (QED) is 0.439. The van der Waals surface area contributed by atoms with Gasteiger partial charge >= 0.3 is 5.97 Å². The lowest BCUT2D eigenvalue weighted by Crippen LogP contribution is -2.24. The van der Waals surface area contributed by atoms with Crippen molar-refractivity contribution in [3.05, 3.63) is 29.3 Å². The van der Waals surface area contributed by atoms with Crippen molar-refractivity contribution < 1.29 is 20.4 Å². The van der Waals surface area contributed by atoms with Crippen LogP contribution in [0.1, 0.15) is 11.1 Å². The lowest BCUT2D eigenvalue weighted by atomic mass is 10.1. The highest BCUT2D eigenvalue weighted by Gasteiger charge is 2.24. The average molecular weight is 170 g/mol. The Morgan fingerprint density at radius 3 is 2.17 bits per heavy atom. The van der Waals surface area contributed by atoms with Crippen LogP contribution in [0.15, 0.2) is 18.2 Å². The molecule has 0 saturated heterocycles. The van der Waals surface area contributed by atoms with Crippen LogP contribution in [-0.4, -0.2) is 20.4 Å². The zero-order valence-corrected chi connectivity index (χ0v) is 6.52. The Kier molecular flexibility index (Phi) is 2.06. The van der Waals surface area contributed by atoms with Crippen molar-refractivity contribution in [1.82, 2.24) is 0 Å². The van der Waals surface area contributed by atoms with E-state index in [2.05, 4.69) is 0 Å². The number of hydrogen-bond donors (Lipinski definition) is 4. The van der Waals surface area contributed by atoms with Crippen LogP contribution in [0.25, 0.3) is 0 Å². The fourth-order valence-electron chi connectivity index (χ4n) is 0.987. The van der Waals surface area contributed by atoms with Crippen LogP contribution in [0.4, 0.5) is 0 Å². The maximum atomic E-state index is 9.13. The Bertz CT molecular complexity index is 288. The molecular weight excluding hydrogens is 160 g/mol. The first-order valence-corrected chi connectivity index (χ1v) is 3.39. The van der Waals surface area contributed by atoms with Gasteiger partial charge in [0.25, 0.3) is 0 Å². The largest absolute Gasteiger partial charge is 0.508 e. The second-order valence-corrected chi connectivity index (χ2v) is 2.59. The van der Waals surface area contributed by atoms with E-state index in [4.69, 9.17) is 20.4 Å². The molecule has 0 unspecified atom stereocenters. The molecule has 1 rings (SSSR count). The topological polar surface area (TPSA) is 80.9 Å². The third kappa shape index (κ3) is 1.55. The van der Waals surface area contributed by atoms with Crippen molar-refractivity contribution in [1.29, 1.82) is 0 Å². The second kappa shape index (κ2) is 2.75. The minimum atomic E-state index is -2.89. The van der Waals surface area contributed by atoms with Gasteiger partial charge in [-0.1, -0.05) is 12.1 Å². The SMILES string of the molecule is Cc1c(O)cccc1C(O)(O)O. The molecule has 0 radical (unpaired) electrons. The molecule has 4 heteroatoms. The van der Waals surface area contributed by atoms with Crippen molar-refractivity contribution in [3.63, 3.8) is 0 Å². The minimum Gasteiger partial charge on any atom is -0.508 e. The van der Waals surface area contributed by atoms with E-state index >= 15 is 0 Å². The van der Waals surface area contributed by atoms with Gasteiger partial charge in [0.05, 0.1) is 0 Å². The molecule has 0 amide bonds. The molecule has 1 aromatic carbocycles. The van der Waals surface area contributed by atoms with E-state index in [9.17, 15) is 0 Å². The molecule has 0 atom stereocenters. The first-order valence-electron chi connectivity index (χ1n) is 3.39. The second-order valence-electron chi connectivity index (χ2n) is 2.59. The fourth-order valence-corrected chi connectivity index (χ4v) is 0.987. The molecule has 12 heavy (non-hydrogen) atoms. The highest BCUT2D eigenvalue weighted by atomic mass is 16.7. The number of phenols is 1. The average Bonchev–Trinajstić information content (AvgIpc) is 1.92. The first-order chi connectivity index (χ1) is 5.43. The van der Waals surface area contributed by atoms with E-state index in [0.29, 0.717) is 0 Å². The molecule has 0 saturated carbocycles. The minimum absolute atomic E-state index is 0.0889. The van der Waals surface area contributed by atoms with Crippen LogP contribution >= 0.6 is 0 Å². The number of phenolic OH excluding ortho intramolecular Hbond substituents is 1. The highest BCUT2D eigenvalue weighted by Crippen LogP contribution is 2.25. The van der Waals surface area contributed by atoms with Gasteiger partial charge in [-0.2, -0.15) is 0 Å². The summed E-state index contributed by atoms with van der Waals surface area (Å²) >= 11 is 0. The molecule has 66 valence electrons. The van der Waals surface area contributed by atoms with Crippen molar-refractivity contribution in [2.75, 3.05) is 0 Å². The Morgan fingerprint density at radius 1 is 1.17 bits per heavy atom. The maximum Gasteiger partial charge on any atom is 0.304 e. The highest BCUT2D eigenvalue weighted by molar-refractivity contribution is 5.39. The Balaban J connectivity index is 3.26. The zero-order chi connectivity index (χ0) is 9.35. The van der Waals surface area contributed by atoms with E-state index in [1.807, 2.05) is 0 Å². The number of hydrogen-bond acceptors (Lipinski definition) is 4. The summed E-state index contributed by atoms with van der Waals surface area (Å²) in [4.78, 5) is 0. The first kappa shape index (κ1) is 8.99. The van der Waals surface area contributed by atoms with Crippen LogP contribution in [0, 0.1) is 6.92 Å². The predicted molar refractivity (Wildman–Crippen MR) is 41.2 cm³/mol. The molecule has 0 fully saturated rings. The predicted octanol–water partition coefficient (Wildman–Crippen LogP) is -0.212. The van der Waals surface area contributed by atoms with Crippen LogP contribution in [0.5, 0.6) is 5.75 Å². The lowest BCUT2D eigenvalue weighted by Gasteiger charge is -2.16. The molecule has 0 bridgehead atoms. The molecule has 1 aromatic rings. The summed E-state index contributed by atoms with van der Waals surface area (Å²) in [5.41, 5.74) is 0.118. The standard InChI is InChI=1S/C8H10O4/c1-5-6(8(10,11)12)3-2-4-7(5)9/h2-4,9-12H,1H3. The van der Waals surface area contributed by atoms with Gasteiger partial charge in [-0.3, -0.25) is 0 Å². The van der Waals surface area contributed by atoms with Crippen molar-refractivity contribution in [2.45, 2.75) is 12.9 Å². The van der Waals surface area contributed by atoms with E-state index in [-0.39, 0.29) is 16.9 Å². The Hall–Kier alpha value is -1.10. The summed E-state index contributed by atoms with van der Waals surface area (Å²) in [6.45, 7) is 1.47. The van der Waals surface area contributed by atoms with E-state index < -0.39 is 5.97 Å². The number of benzene rings is 1. The van der Waals surface area contributed by atoms with Crippen LogP contribution < -0.4 is 0 Å². The summed E-state index contributed by atoms with van der Waals surface area (Å²) in [6.07, 6.45) is 0. The summed E-state index contributed by atoms with van der Waals surface area (Å²) in [5, 5.41) is 35.5. The molecule has 0 spiro atoms. The molecule has 0 aromatic heterocycles. The maximum absolute atomic E-state index is 9.13. The Morgan fingerprint density at radius 2 is 1.75 bits per heavy atom. The van der Waals surface area contributed by atoms with Gasteiger partial charge in [0, 0.05) is 11.1 Å². The number of aromatic hydroxyl groups is 1. The fraction of sp³-hybridized carbons (Fsp3) is 0.250. The summed E-state index contributed by atoms with van der Waals surface area (Å²) in [6, 6.07) is 4.12. The van der Waals surface area contributed by atoms with Gasteiger partial charge < -0.3 is 20.4 Å². The molecule has 4 N–H and O–H groups in total. The molecular formula is C8H10O4. The van der Waals surface area contributed by atoms with Crippen molar-refractivity contribution >= 4 is 0 Å². The molecule has 0 heterocycles. The third-order valence-corrected chi connectivity index (χ3v) is 1.67. The molecule has 0 aliphatic rings. The van der Waals surface area contributed by atoms with E-state index in [0.717, 1.165) is 0 Å². The smallest absolute Gasteiger partial charge is 0.304 e. The lowest BCUT2D eigenvalue weighted by molar-refractivity contribution is -0.324. The van der Waals surface area contributed by atoms with Gasteiger partial charge in [-0.15, -0.1) is 0 Å². The van der Waals surface area contributed by atoms with Gasteiger partial charge in [-0.25, -0.2) is 0 Å². The van der Waals surface area contributed by atoms with Crippen LogP contribution in [0.2, 0.25) is 0 Å². The summed E-state index contributed by atoms with van der Waals surface area (Å²) in [7, 11) is 0. The molecule has 0 aliphatic carbocycles. The van der Waals surface area contributed by atoms with Crippen molar-refractivity contribution in [2.24, 2.45) is 0 Å². The third-order valence-electron chi connectivity index (χ3n) is 1.67. The number of aliphatic hydroxyl groups is 3. The van der Waals surface area contributed by atoms with Crippen LogP contribution in [0.3, 0.4) is 0 Å². The van der Waals surface area contributed by atoms with Crippen molar-refractivity contribution in [3.8, 4) is 5.75 Å². The zero-order valence-electron chi connectivity index (χ0n) is 6.52. The molecule has 4 nitrogen and oxygen atoms in total. The summed E-state index contributed by atoms with van der Waals surface area (Å²) < 4.78 is 0. The van der Waals surface area contributed by atoms with Gasteiger partial charge in [0.2, 0.25) is 0 Å². The van der Waals surface area contributed by atoms with Gasteiger partial charge in [0.1, 0.15) is 5.75 Å². The normalized spacial score (nSPS) is 11.7. The monoisotopic (exact) mass is 170 g/mol. The van der Waals surface area contributed by atoms with E-state index in [1.165, 1.54) is 25.1 Å². The van der Waals surface area contributed by atoms with Gasteiger partial charge in [0.15, 0.2) is 0 Å². The number of rotatable bonds is 1. The molecule has 0 aliphatic heterocycles. The summed E-state index contributed by atoms with van der Waals surface area (Å²) in [5.74, 6) is -2.97. The Labute approximate surface area is 69.3 Å².